The second-order valence-electron chi connectivity index (χ2n) is 8.01. The summed E-state index contributed by atoms with van der Waals surface area (Å²) in [5.74, 6) is 0.0842. The summed E-state index contributed by atoms with van der Waals surface area (Å²) >= 11 is 0. The van der Waals surface area contributed by atoms with E-state index in [1.807, 2.05) is 36.4 Å². The molecule has 0 aliphatic rings. The molecule has 0 aromatic heterocycles. The summed E-state index contributed by atoms with van der Waals surface area (Å²) in [4.78, 5) is 12.6. The second kappa shape index (κ2) is 14.6. The molecule has 2 rings (SSSR count). The molecule has 3 atom stereocenters. The molecule has 0 spiro atoms. The van der Waals surface area contributed by atoms with Crippen LogP contribution in [0.25, 0.3) is 0 Å². The molecule has 2 aromatic rings. The lowest BCUT2D eigenvalue weighted by molar-refractivity contribution is -0.146. The van der Waals surface area contributed by atoms with Crippen LogP contribution in [0.15, 0.2) is 72.8 Å². The normalized spacial score (nSPS) is 14.3. The Morgan fingerprint density at radius 1 is 1.03 bits per heavy atom. The molecule has 0 unspecified atom stereocenters. The Morgan fingerprint density at radius 3 is 2.39 bits per heavy atom. The van der Waals surface area contributed by atoms with Gasteiger partial charge in [-0.05, 0) is 36.8 Å². The Morgan fingerprint density at radius 2 is 1.71 bits per heavy atom. The third kappa shape index (κ3) is 9.95. The molecule has 0 bridgehead atoms. The minimum atomic E-state index is -0.374. The first-order chi connectivity index (χ1) is 15.1. The molecule has 0 amide bonds. The summed E-state index contributed by atoms with van der Waals surface area (Å²) in [5, 5.41) is 3.44. The van der Waals surface area contributed by atoms with E-state index in [9.17, 15) is 4.79 Å². The van der Waals surface area contributed by atoms with Gasteiger partial charge in [0.25, 0.3) is 0 Å². The fourth-order valence-electron chi connectivity index (χ4n) is 3.23. The molecule has 0 aliphatic heterocycles. The molecule has 0 saturated carbocycles. The summed E-state index contributed by atoms with van der Waals surface area (Å²) < 4.78 is 11.3. The van der Waals surface area contributed by atoms with Gasteiger partial charge in [0, 0.05) is 6.04 Å². The van der Waals surface area contributed by atoms with E-state index in [0.717, 1.165) is 18.4 Å². The van der Waals surface area contributed by atoms with Crippen molar-refractivity contribution in [2.24, 2.45) is 5.92 Å². The SMILES string of the molecule is CCCCOC(=O)[C@H](C/C=C/[C@@H](C)COCc1ccccc1)N[C@@H](C)c1ccccc1. The maximum Gasteiger partial charge on any atom is 0.323 e. The number of hydrogen-bond donors (Lipinski definition) is 1. The van der Waals surface area contributed by atoms with Gasteiger partial charge in [0.15, 0.2) is 0 Å². The number of carbonyl (C=O) groups excluding carboxylic acids is 1. The van der Waals surface area contributed by atoms with E-state index >= 15 is 0 Å². The molecule has 0 aliphatic carbocycles. The molecule has 4 heteroatoms. The van der Waals surface area contributed by atoms with E-state index in [4.69, 9.17) is 9.47 Å². The van der Waals surface area contributed by atoms with Crippen molar-refractivity contribution in [3.8, 4) is 0 Å². The predicted molar refractivity (Wildman–Crippen MR) is 127 cm³/mol. The van der Waals surface area contributed by atoms with E-state index in [-0.39, 0.29) is 24.0 Å². The first-order valence-electron chi connectivity index (χ1n) is 11.4. The zero-order chi connectivity index (χ0) is 22.3. The highest BCUT2D eigenvalue weighted by molar-refractivity contribution is 5.76. The van der Waals surface area contributed by atoms with Crippen molar-refractivity contribution in [3.63, 3.8) is 0 Å². The van der Waals surface area contributed by atoms with E-state index in [2.05, 4.69) is 62.5 Å². The Labute approximate surface area is 187 Å². The van der Waals surface area contributed by atoms with Crippen LogP contribution in [-0.4, -0.2) is 25.2 Å². The van der Waals surface area contributed by atoms with Crippen molar-refractivity contribution >= 4 is 5.97 Å². The first kappa shape index (κ1) is 24.8. The summed E-state index contributed by atoms with van der Waals surface area (Å²) in [6, 6.07) is 20.0. The number of carbonyl (C=O) groups is 1. The molecular formula is C27H37NO3. The van der Waals surface area contributed by atoms with Crippen molar-refractivity contribution in [1.82, 2.24) is 5.32 Å². The topological polar surface area (TPSA) is 47.6 Å². The molecular weight excluding hydrogens is 386 g/mol. The number of hydrogen-bond acceptors (Lipinski definition) is 4. The van der Waals surface area contributed by atoms with E-state index in [1.165, 1.54) is 5.56 Å². The molecule has 168 valence electrons. The summed E-state index contributed by atoms with van der Waals surface area (Å²) in [6.45, 7) is 8.01. The number of nitrogens with one attached hydrogen (secondary N) is 1. The number of benzene rings is 2. The Balaban J connectivity index is 1.85. The summed E-state index contributed by atoms with van der Waals surface area (Å²) in [7, 11) is 0. The van der Waals surface area contributed by atoms with Crippen molar-refractivity contribution in [3.05, 3.63) is 83.9 Å². The van der Waals surface area contributed by atoms with Crippen molar-refractivity contribution in [1.29, 1.82) is 0 Å². The molecule has 4 nitrogen and oxygen atoms in total. The average Bonchev–Trinajstić information content (AvgIpc) is 2.79. The molecule has 0 heterocycles. The average molecular weight is 424 g/mol. The Kier molecular flexibility index (Phi) is 11.7. The van der Waals surface area contributed by atoms with Gasteiger partial charge in [0.2, 0.25) is 0 Å². The lowest BCUT2D eigenvalue weighted by Gasteiger charge is -2.22. The number of rotatable bonds is 14. The van der Waals surface area contributed by atoms with Crippen LogP contribution in [0.3, 0.4) is 0 Å². The first-order valence-corrected chi connectivity index (χ1v) is 11.4. The standard InChI is InChI=1S/C27H37NO3/c1-4-5-19-31-27(29)26(28-23(3)25-16-10-7-11-17-25)18-12-13-22(2)20-30-21-24-14-8-6-9-15-24/h6-17,22-23,26,28H,4-5,18-21H2,1-3H3/b13-12+/t22-,23+,26+/m1/s1. The van der Waals surface area contributed by atoms with Gasteiger partial charge in [-0.25, -0.2) is 0 Å². The lowest BCUT2D eigenvalue weighted by Crippen LogP contribution is -2.39. The van der Waals surface area contributed by atoms with Crippen molar-refractivity contribution in [2.45, 2.75) is 58.7 Å². The van der Waals surface area contributed by atoms with Gasteiger partial charge in [-0.3, -0.25) is 10.1 Å². The van der Waals surface area contributed by atoms with Gasteiger partial charge in [0.05, 0.1) is 19.8 Å². The van der Waals surface area contributed by atoms with Crippen molar-refractivity contribution < 1.29 is 14.3 Å². The number of unbranched alkanes of at least 4 members (excludes halogenated alkanes) is 1. The fourth-order valence-corrected chi connectivity index (χ4v) is 3.23. The Hall–Kier alpha value is -2.43. The maximum atomic E-state index is 12.6. The highest BCUT2D eigenvalue weighted by atomic mass is 16.5. The minimum Gasteiger partial charge on any atom is -0.465 e. The maximum absolute atomic E-state index is 12.6. The quantitative estimate of drug-likeness (QED) is 0.235. The highest BCUT2D eigenvalue weighted by Gasteiger charge is 2.21. The third-order valence-electron chi connectivity index (χ3n) is 5.11. The fraction of sp³-hybridized carbons (Fsp3) is 0.444. The van der Waals surface area contributed by atoms with Gasteiger partial charge >= 0.3 is 5.97 Å². The molecule has 0 saturated heterocycles. The van der Waals surface area contributed by atoms with Crippen LogP contribution >= 0.6 is 0 Å². The van der Waals surface area contributed by atoms with Crippen LogP contribution in [-0.2, 0) is 20.9 Å². The molecule has 0 radical (unpaired) electrons. The van der Waals surface area contributed by atoms with Gasteiger partial charge in [-0.2, -0.15) is 0 Å². The zero-order valence-electron chi connectivity index (χ0n) is 19.1. The monoisotopic (exact) mass is 423 g/mol. The minimum absolute atomic E-state index is 0.0601. The largest absolute Gasteiger partial charge is 0.465 e. The smallest absolute Gasteiger partial charge is 0.323 e. The summed E-state index contributed by atoms with van der Waals surface area (Å²) in [5.41, 5.74) is 2.33. The van der Waals surface area contributed by atoms with E-state index in [0.29, 0.717) is 26.2 Å². The van der Waals surface area contributed by atoms with Gasteiger partial charge in [-0.15, -0.1) is 0 Å². The van der Waals surface area contributed by atoms with Crippen LogP contribution in [0.1, 0.15) is 57.2 Å². The molecule has 1 N–H and O–H groups in total. The third-order valence-corrected chi connectivity index (χ3v) is 5.11. The van der Waals surface area contributed by atoms with E-state index < -0.39 is 0 Å². The zero-order valence-corrected chi connectivity index (χ0v) is 19.1. The number of ether oxygens (including phenoxy) is 2. The number of esters is 1. The van der Waals surface area contributed by atoms with Gasteiger partial charge in [-0.1, -0.05) is 93.1 Å². The van der Waals surface area contributed by atoms with Gasteiger partial charge in [0.1, 0.15) is 6.04 Å². The Bertz CT molecular complexity index is 761. The van der Waals surface area contributed by atoms with Crippen LogP contribution in [0.4, 0.5) is 0 Å². The molecule has 0 fully saturated rings. The van der Waals surface area contributed by atoms with Crippen LogP contribution in [0, 0.1) is 5.92 Å². The van der Waals surface area contributed by atoms with Crippen LogP contribution < -0.4 is 5.32 Å². The van der Waals surface area contributed by atoms with Crippen LogP contribution in [0.2, 0.25) is 0 Å². The van der Waals surface area contributed by atoms with E-state index in [1.54, 1.807) is 0 Å². The highest BCUT2D eigenvalue weighted by Crippen LogP contribution is 2.14. The predicted octanol–water partition coefficient (Wildman–Crippen LogP) is 5.85. The lowest BCUT2D eigenvalue weighted by atomic mass is 10.1. The van der Waals surface area contributed by atoms with Crippen molar-refractivity contribution in [2.75, 3.05) is 13.2 Å². The van der Waals surface area contributed by atoms with Crippen LogP contribution in [0.5, 0.6) is 0 Å². The summed E-state index contributed by atoms with van der Waals surface area (Å²) in [6.07, 6.45) is 6.66. The second-order valence-corrected chi connectivity index (χ2v) is 8.01. The van der Waals surface area contributed by atoms with Gasteiger partial charge < -0.3 is 9.47 Å². The molecule has 2 aromatic carbocycles. The molecule has 31 heavy (non-hydrogen) atoms.